The van der Waals surface area contributed by atoms with Gasteiger partial charge in [-0.2, -0.15) is 18.3 Å². The molecule has 8 nitrogen and oxygen atoms in total. The number of amides is 1. The highest BCUT2D eigenvalue weighted by molar-refractivity contribution is 6.39. The Morgan fingerprint density at radius 3 is 2.32 bits per heavy atom. The second-order valence-corrected chi connectivity index (χ2v) is 11.4. The molecule has 0 radical (unpaired) electrons. The Labute approximate surface area is 227 Å². The average molecular weight is 575 g/mol. The number of carboxylic acid groups (broad SMARTS) is 1. The predicted octanol–water partition coefficient (Wildman–Crippen LogP) is 5.79. The van der Waals surface area contributed by atoms with Crippen molar-refractivity contribution in [3.8, 4) is 0 Å². The van der Waals surface area contributed by atoms with Crippen molar-refractivity contribution in [3.05, 3.63) is 45.5 Å². The van der Waals surface area contributed by atoms with Gasteiger partial charge in [-0.3, -0.25) is 24.0 Å². The van der Waals surface area contributed by atoms with Crippen molar-refractivity contribution in [3.63, 3.8) is 0 Å². The Kier molecular flexibility index (Phi) is 7.82. The van der Waals surface area contributed by atoms with E-state index in [1.807, 2.05) is 6.92 Å². The van der Waals surface area contributed by atoms with E-state index in [-0.39, 0.29) is 52.7 Å². The van der Waals surface area contributed by atoms with Crippen molar-refractivity contribution in [1.29, 1.82) is 0 Å². The van der Waals surface area contributed by atoms with Gasteiger partial charge < -0.3 is 10.0 Å². The molecule has 0 aliphatic heterocycles. The van der Waals surface area contributed by atoms with Crippen LogP contribution in [0.4, 0.5) is 13.2 Å². The SMILES string of the molecule is C[C@@H]1C[C@@H](n2ncc(C(=O)N(CC(=O)c3c(Cl)cncc3Cl)CC3(C)CC3)c2C(F)(F)F)CC[C@@H]1C(=O)O. The third-order valence-electron chi connectivity index (χ3n) is 7.53. The minimum Gasteiger partial charge on any atom is -0.481 e. The van der Waals surface area contributed by atoms with Crippen LogP contribution in [0.5, 0.6) is 0 Å². The molecule has 3 atom stereocenters. The third kappa shape index (κ3) is 5.83. The second-order valence-electron chi connectivity index (χ2n) is 10.6. The summed E-state index contributed by atoms with van der Waals surface area (Å²) in [6, 6.07) is -0.718. The van der Waals surface area contributed by atoms with Gasteiger partial charge in [0.25, 0.3) is 5.91 Å². The van der Waals surface area contributed by atoms with E-state index in [0.717, 1.165) is 28.6 Å². The monoisotopic (exact) mass is 574 g/mol. The minimum absolute atomic E-state index is 0.0255. The molecule has 38 heavy (non-hydrogen) atoms. The fourth-order valence-corrected chi connectivity index (χ4v) is 5.74. The van der Waals surface area contributed by atoms with Crippen LogP contribution in [0.3, 0.4) is 0 Å². The number of aliphatic carboxylic acids is 1. The van der Waals surface area contributed by atoms with E-state index in [1.54, 1.807) is 6.92 Å². The summed E-state index contributed by atoms with van der Waals surface area (Å²) in [7, 11) is 0. The van der Waals surface area contributed by atoms with Crippen molar-refractivity contribution < 1.29 is 32.7 Å². The number of carboxylic acids is 1. The summed E-state index contributed by atoms with van der Waals surface area (Å²) in [5.74, 6) is -3.59. The van der Waals surface area contributed by atoms with E-state index in [9.17, 15) is 32.7 Å². The highest BCUT2D eigenvalue weighted by Crippen LogP contribution is 2.46. The van der Waals surface area contributed by atoms with Gasteiger partial charge in [0, 0.05) is 18.9 Å². The number of rotatable bonds is 8. The lowest BCUT2D eigenvalue weighted by Gasteiger charge is -2.33. The zero-order valence-corrected chi connectivity index (χ0v) is 22.3. The van der Waals surface area contributed by atoms with Crippen LogP contribution in [0.1, 0.15) is 78.4 Å². The molecule has 2 fully saturated rings. The van der Waals surface area contributed by atoms with Gasteiger partial charge in [0.1, 0.15) is 0 Å². The number of pyridine rings is 1. The molecule has 2 aliphatic carbocycles. The summed E-state index contributed by atoms with van der Waals surface area (Å²) in [5, 5.41) is 13.3. The lowest BCUT2D eigenvalue weighted by Crippen LogP contribution is -2.40. The molecule has 2 aromatic rings. The Balaban J connectivity index is 1.67. The van der Waals surface area contributed by atoms with E-state index in [4.69, 9.17) is 23.2 Å². The number of halogens is 5. The molecule has 0 aromatic carbocycles. The first-order chi connectivity index (χ1) is 17.7. The first kappa shape index (κ1) is 28.4. The molecule has 1 amide bonds. The molecule has 2 aromatic heterocycles. The highest BCUT2D eigenvalue weighted by atomic mass is 35.5. The van der Waals surface area contributed by atoms with Gasteiger partial charge in [0.15, 0.2) is 11.5 Å². The molecule has 206 valence electrons. The zero-order valence-electron chi connectivity index (χ0n) is 20.8. The number of carbonyl (C=O) groups is 3. The summed E-state index contributed by atoms with van der Waals surface area (Å²) >= 11 is 12.2. The number of nitrogens with zero attached hydrogens (tertiary/aromatic N) is 4. The summed E-state index contributed by atoms with van der Waals surface area (Å²) in [6.45, 7) is 3.12. The molecule has 0 saturated heterocycles. The van der Waals surface area contributed by atoms with Crippen molar-refractivity contribution in [2.75, 3.05) is 13.1 Å². The van der Waals surface area contributed by atoms with Gasteiger partial charge in [-0.05, 0) is 43.4 Å². The number of hydrogen-bond donors (Lipinski definition) is 1. The van der Waals surface area contributed by atoms with Crippen molar-refractivity contribution in [2.24, 2.45) is 17.3 Å². The van der Waals surface area contributed by atoms with Gasteiger partial charge in [0.2, 0.25) is 0 Å². The summed E-state index contributed by atoms with van der Waals surface area (Å²) in [5.41, 5.74) is -2.24. The van der Waals surface area contributed by atoms with Crippen molar-refractivity contribution in [2.45, 2.75) is 58.2 Å². The topological polar surface area (TPSA) is 105 Å². The molecule has 0 bridgehead atoms. The molecule has 0 spiro atoms. The van der Waals surface area contributed by atoms with Crippen LogP contribution < -0.4 is 0 Å². The molecule has 2 saturated carbocycles. The predicted molar refractivity (Wildman–Crippen MR) is 132 cm³/mol. The van der Waals surface area contributed by atoms with Crippen LogP contribution in [0.25, 0.3) is 0 Å². The summed E-state index contributed by atoms with van der Waals surface area (Å²) in [4.78, 5) is 43.1. The maximum absolute atomic E-state index is 14.4. The second kappa shape index (κ2) is 10.5. The lowest BCUT2D eigenvalue weighted by molar-refractivity contribution is -0.149. The number of Topliss-reactive ketones (excluding diaryl/α,β-unsaturated/α-hetero) is 1. The van der Waals surface area contributed by atoms with Gasteiger partial charge in [-0.25, -0.2) is 0 Å². The van der Waals surface area contributed by atoms with Crippen molar-refractivity contribution >= 4 is 40.9 Å². The van der Waals surface area contributed by atoms with Gasteiger partial charge >= 0.3 is 12.1 Å². The number of carbonyl (C=O) groups excluding carboxylic acids is 2. The maximum Gasteiger partial charge on any atom is 0.433 e. The third-order valence-corrected chi connectivity index (χ3v) is 8.10. The number of ketones is 1. The van der Waals surface area contributed by atoms with Gasteiger partial charge in [0.05, 0.1) is 45.9 Å². The molecule has 13 heteroatoms. The van der Waals surface area contributed by atoms with E-state index < -0.39 is 53.6 Å². The van der Waals surface area contributed by atoms with Crippen LogP contribution in [0.2, 0.25) is 10.0 Å². The summed E-state index contributed by atoms with van der Waals surface area (Å²) in [6.07, 6.45) is 0.503. The molecular formula is C25H27Cl2F3N4O4. The first-order valence-electron chi connectivity index (χ1n) is 12.2. The lowest BCUT2D eigenvalue weighted by atomic mass is 9.78. The molecule has 2 heterocycles. The van der Waals surface area contributed by atoms with Crippen molar-refractivity contribution in [1.82, 2.24) is 19.7 Å². The van der Waals surface area contributed by atoms with Crippen LogP contribution in [-0.2, 0) is 11.0 Å². The fourth-order valence-electron chi connectivity index (χ4n) is 5.17. The molecule has 1 N–H and O–H groups in total. The molecule has 0 unspecified atom stereocenters. The molecular weight excluding hydrogens is 548 g/mol. The smallest absolute Gasteiger partial charge is 0.433 e. The van der Waals surface area contributed by atoms with Crippen LogP contribution in [-0.4, -0.2) is 55.5 Å². The maximum atomic E-state index is 14.4. The van der Waals surface area contributed by atoms with E-state index >= 15 is 0 Å². The molecule has 4 rings (SSSR count). The zero-order chi connectivity index (χ0) is 28.0. The van der Waals surface area contributed by atoms with Crippen LogP contribution in [0.15, 0.2) is 18.6 Å². The largest absolute Gasteiger partial charge is 0.481 e. The van der Waals surface area contributed by atoms with E-state index in [1.165, 1.54) is 12.4 Å². The standard InChI is InChI=1S/C25H27Cl2F3N4O4/c1-13-7-14(3-4-15(13)23(37)38)34-21(25(28,29)30)16(8-32-34)22(36)33(12-24(2)5-6-24)11-19(35)20-17(26)9-31-10-18(20)27/h8-10,13-15H,3-7,11-12H2,1-2H3,(H,37,38)/t13-,14+,15+/m1/s1. The Morgan fingerprint density at radius 1 is 1.16 bits per heavy atom. The Morgan fingerprint density at radius 2 is 1.79 bits per heavy atom. The normalized spacial score (nSPS) is 22.7. The number of alkyl halides is 3. The Hall–Kier alpha value is -2.66. The van der Waals surface area contributed by atoms with E-state index in [2.05, 4.69) is 10.1 Å². The van der Waals surface area contributed by atoms with E-state index in [0.29, 0.717) is 0 Å². The first-order valence-corrected chi connectivity index (χ1v) is 13.0. The van der Waals surface area contributed by atoms with Gasteiger partial charge in [-0.1, -0.05) is 37.0 Å². The van der Waals surface area contributed by atoms with Crippen LogP contribution in [0, 0.1) is 17.3 Å². The fraction of sp³-hybridized carbons (Fsp3) is 0.560. The molecule has 2 aliphatic rings. The van der Waals surface area contributed by atoms with Gasteiger partial charge in [-0.15, -0.1) is 0 Å². The number of aromatic nitrogens is 3. The number of hydrogen-bond acceptors (Lipinski definition) is 5. The summed E-state index contributed by atoms with van der Waals surface area (Å²) < 4.78 is 43.9. The quantitative estimate of drug-likeness (QED) is 0.400. The van der Waals surface area contributed by atoms with Crippen LogP contribution >= 0.6 is 23.2 Å². The Bertz CT molecular complexity index is 1240. The minimum atomic E-state index is -4.91. The highest BCUT2D eigenvalue weighted by Gasteiger charge is 2.46. The average Bonchev–Trinajstić information content (AvgIpc) is 3.36.